The Hall–Kier alpha value is -1.46. The van der Waals surface area contributed by atoms with Gasteiger partial charge in [0.2, 0.25) is 12.7 Å². The number of nitrogens with zero attached hydrogens (tertiary/aromatic N) is 1. The molecule has 1 aromatic carbocycles. The Labute approximate surface area is 154 Å². The second kappa shape index (κ2) is 8.28. The molecule has 1 fully saturated rings. The van der Waals surface area contributed by atoms with E-state index in [0.29, 0.717) is 41.6 Å². The zero-order valence-electron chi connectivity index (χ0n) is 15.0. The van der Waals surface area contributed by atoms with E-state index >= 15 is 0 Å². The van der Waals surface area contributed by atoms with Crippen LogP contribution in [0.1, 0.15) is 45.1 Å². The molecule has 3 rings (SSSR count). The summed E-state index contributed by atoms with van der Waals surface area (Å²) >= 11 is 6.30. The number of fused-ring (bicyclic) bond motifs is 1. The molecule has 138 valence electrons. The lowest BCUT2D eigenvalue weighted by Gasteiger charge is -2.25. The third kappa shape index (κ3) is 4.59. The van der Waals surface area contributed by atoms with Gasteiger partial charge in [0, 0.05) is 36.6 Å². The van der Waals surface area contributed by atoms with Gasteiger partial charge in [0.1, 0.15) is 0 Å². The summed E-state index contributed by atoms with van der Waals surface area (Å²) in [4.78, 5) is 14.1. The molecule has 2 aliphatic rings. The largest absolute Gasteiger partial charge is 0.454 e. The zero-order valence-corrected chi connectivity index (χ0v) is 15.8. The lowest BCUT2D eigenvalue weighted by Crippen LogP contribution is -2.36. The van der Waals surface area contributed by atoms with Gasteiger partial charge in [-0.1, -0.05) is 25.4 Å². The van der Waals surface area contributed by atoms with Crippen LogP contribution in [0.15, 0.2) is 12.1 Å². The molecule has 0 aliphatic carbocycles. The first-order valence-electron chi connectivity index (χ1n) is 9.13. The summed E-state index contributed by atoms with van der Waals surface area (Å²) in [7, 11) is 0. The molecule has 0 spiro atoms. The first kappa shape index (κ1) is 18.3. The smallest absolute Gasteiger partial charge is 0.231 e. The number of carbonyl (C=O) groups excluding carboxylic acids is 1. The number of amides is 1. The number of ether oxygens (including phenoxy) is 2. The maximum atomic E-state index is 12.1. The molecule has 5 nitrogen and oxygen atoms in total. The molecule has 2 aliphatic heterocycles. The second-order valence-corrected chi connectivity index (χ2v) is 7.63. The Morgan fingerprint density at radius 1 is 1.32 bits per heavy atom. The van der Waals surface area contributed by atoms with Crippen molar-refractivity contribution >= 4 is 17.5 Å². The molecule has 0 bridgehead atoms. The molecule has 1 aromatic rings. The summed E-state index contributed by atoms with van der Waals surface area (Å²) < 4.78 is 10.7. The van der Waals surface area contributed by atoms with Gasteiger partial charge in [-0.3, -0.25) is 4.79 Å². The minimum Gasteiger partial charge on any atom is -0.454 e. The van der Waals surface area contributed by atoms with Crippen molar-refractivity contribution in [2.45, 2.75) is 52.1 Å². The van der Waals surface area contributed by atoms with Gasteiger partial charge < -0.3 is 19.7 Å². The maximum absolute atomic E-state index is 12.1. The van der Waals surface area contributed by atoms with Crippen LogP contribution in [0, 0.1) is 5.92 Å². The van der Waals surface area contributed by atoms with E-state index in [2.05, 4.69) is 24.1 Å². The Balaban J connectivity index is 1.46. The molecule has 0 radical (unpaired) electrons. The molecule has 25 heavy (non-hydrogen) atoms. The first-order valence-corrected chi connectivity index (χ1v) is 9.50. The van der Waals surface area contributed by atoms with Crippen molar-refractivity contribution < 1.29 is 14.3 Å². The van der Waals surface area contributed by atoms with Crippen LogP contribution in [0.25, 0.3) is 0 Å². The monoisotopic (exact) mass is 366 g/mol. The van der Waals surface area contributed by atoms with Crippen LogP contribution in [0.4, 0.5) is 0 Å². The summed E-state index contributed by atoms with van der Waals surface area (Å²) in [5.74, 6) is 2.39. The van der Waals surface area contributed by atoms with Crippen LogP contribution < -0.4 is 14.8 Å². The van der Waals surface area contributed by atoms with Gasteiger partial charge in [0.05, 0.1) is 0 Å². The van der Waals surface area contributed by atoms with E-state index in [1.807, 2.05) is 12.1 Å². The predicted octanol–water partition coefficient (Wildman–Crippen LogP) is 3.59. The summed E-state index contributed by atoms with van der Waals surface area (Å²) in [6.45, 7) is 7.08. The average Bonchev–Trinajstić information content (AvgIpc) is 3.15. The first-order chi connectivity index (χ1) is 12.0. The molecule has 6 heteroatoms. The molecule has 0 aromatic heterocycles. The van der Waals surface area contributed by atoms with Crippen molar-refractivity contribution in [3.63, 3.8) is 0 Å². The van der Waals surface area contributed by atoms with Gasteiger partial charge >= 0.3 is 0 Å². The number of halogens is 1. The highest BCUT2D eigenvalue weighted by atomic mass is 35.5. The molecule has 0 saturated carbocycles. The Bertz CT molecular complexity index is 621. The van der Waals surface area contributed by atoms with Crippen LogP contribution in [-0.2, 0) is 11.3 Å². The Morgan fingerprint density at radius 2 is 2.08 bits per heavy atom. The fourth-order valence-electron chi connectivity index (χ4n) is 3.38. The van der Waals surface area contributed by atoms with Gasteiger partial charge in [0.25, 0.3) is 0 Å². The summed E-state index contributed by atoms with van der Waals surface area (Å²) in [5, 5.41) is 4.13. The van der Waals surface area contributed by atoms with Crippen molar-refractivity contribution in [2.24, 2.45) is 5.92 Å². The van der Waals surface area contributed by atoms with E-state index in [1.54, 1.807) is 0 Å². The van der Waals surface area contributed by atoms with Crippen molar-refractivity contribution in [1.82, 2.24) is 10.2 Å². The lowest BCUT2D eigenvalue weighted by atomic mass is 10.1. The minimum absolute atomic E-state index is 0.254. The molecule has 1 N–H and O–H groups in total. The number of rotatable bonds is 8. The molecule has 1 saturated heterocycles. The highest BCUT2D eigenvalue weighted by Gasteiger charge is 2.30. The second-order valence-electron chi connectivity index (χ2n) is 7.22. The standard InChI is InChI=1S/C19H27ClN2O3/c1-13(2)6-8-22-15(3-4-19(22)23)5-7-21-11-14-9-17-18(10-16(14)20)25-12-24-17/h9-10,13,15,21H,3-8,11-12H2,1-2H3. The predicted molar refractivity (Wildman–Crippen MR) is 98.1 cm³/mol. The average molecular weight is 367 g/mol. The van der Waals surface area contributed by atoms with E-state index in [1.165, 1.54) is 0 Å². The number of nitrogens with one attached hydrogen (secondary N) is 1. The minimum atomic E-state index is 0.254. The molecular weight excluding hydrogens is 340 g/mol. The summed E-state index contributed by atoms with van der Waals surface area (Å²) in [6, 6.07) is 4.11. The van der Waals surface area contributed by atoms with E-state index in [4.69, 9.17) is 21.1 Å². The molecule has 2 heterocycles. The zero-order chi connectivity index (χ0) is 17.8. The lowest BCUT2D eigenvalue weighted by molar-refractivity contribution is -0.129. The van der Waals surface area contributed by atoms with E-state index < -0.39 is 0 Å². The fraction of sp³-hybridized carbons (Fsp3) is 0.632. The fourth-order valence-corrected chi connectivity index (χ4v) is 3.60. The Kier molecular flexibility index (Phi) is 6.07. The normalized spacial score (nSPS) is 19.3. The number of carbonyl (C=O) groups is 1. The van der Waals surface area contributed by atoms with Gasteiger partial charge in [-0.05, 0) is 43.4 Å². The number of benzene rings is 1. The molecule has 1 unspecified atom stereocenters. The van der Waals surface area contributed by atoms with Gasteiger partial charge in [-0.15, -0.1) is 0 Å². The van der Waals surface area contributed by atoms with E-state index in [0.717, 1.165) is 43.7 Å². The summed E-state index contributed by atoms with van der Waals surface area (Å²) in [6.07, 6.45) is 3.72. The van der Waals surface area contributed by atoms with Gasteiger partial charge in [0.15, 0.2) is 11.5 Å². The molecule has 1 amide bonds. The van der Waals surface area contributed by atoms with Crippen LogP contribution in [0.2, 0.25) is 5.02 Å². The van der Waals surface area contributed by atoms with Crippen molar-refractivity contribution in [3.8, 4) is 11.5 Å². The van der Waals surface area contributed by atoms with Crippen molar-refractivity contribution in [2.75, 3.05) is 19.9 Å². The van der Waals surface area contributed by atoms with Gasteiger partial charge in [-0.25, -0.2) is 0 Å². The van der Waals surface area contributed by atoms with Crippen molar-refractivity contribution in [1.29, 1.82) is 0 Å². The molecular formula is C19H27ClN2O3. The van der Waals surface area contributed by atoms with Crippen molar-refractivity contribution in [3.05, 3.63) is 22.7 Å². The summed E-state index contributed by atoms with van der Waals surface area (Å²) in [5.41, 5.74) is 1.00. The van der Waals surface area contributed by atoms with Crippen LogP contribution in [0.5, 0.6) is 11.5 Å². The topological polar surface area (TPSA) is 50.8 Å². The quantitative estimate of drug-likeness (QED) is 0.714. The van der Waals surface area contributed by atoms with Crippen LogP contribution in [-0.4, -0.2) is 36.7 Å². The highest BCUT2D eigenvalue weighted by molar-refractivity contribution is 6.31. The highest BCUT2D eigenvalue weighted by Crippen LogP contribution is 2.36. The van der Waals surface area contributed by atoms with E-state index in [-0.39, 0.29) is 6.79 Å². The number of hydrogen-bond donors (Lipinski definition) is 1. The van der Waals surface area contributed by atoms with Crippen LogP contribution in [0.3, 0.4) is 0 Å². The van der Waals surface area contributed by atoms with E-state index in [9.17, 15) is 4.79 Å². The number of likely N-dealkylation sites (tertiary alicyclic amines) is 1. The Morgan fingerprint density at radius 3 is 2.84 bits per heavy atom. The van der Waals surface area contributed by atoms with Crippen LogP contribution >= 0.6 is 11.6 Å². The molecule has 1 atom stereocenters. The number of hydrogen-bond acceptors (Lipinski definition) is 4. The third-order valence-electron chi connectivity index (χ3n) is 4.91. The SMILES string of the molecule is CC(C)CCN1C(=O)CCC1CCNCc1cc2c(cc1Cl)OCO2. The third-order valence-corrected chi connectivity index (χ3v) is 5.26. The van der Waals surface area contributed by atoms with Gasteiger partial charge in [-0.2, -0.15) is 0 Å². The maximum Gasteiger partial charge on any atom is 0.231 e.